The van der Waals surface area contributed by atoms with Gasteiger partial charge in [-0.25, -0.2) is 0 Å². The van der Waals surface area contributed by atoms with Gasteiger partial charge in [-0.05, 0) is 26.2 Å². The molecule has 4 nitrogen and oxygen atoms in total. The number of rotatable bonds is 5. The molecule has 0 bridgehead atoms. The van der Waals surface area contributed by atoms with E-state index < -0.39 is 0 Å². The van der Waals surface area contributed by atoms with Crippen molar-refractivity contribution in [1.29, 1.82) is 5.41 Å². The number of halogens is 1. The SMILES string of the molecule is CN(C)CCOc1ccccc1C(=N)N.Cl. The van der Waals surface area contributed by atoms with Gasteiger partial charge in [-0.1, -0.05) is 12.1 Å². The number of hydrogen-bond acceptors (Lipinski definition) is 3. The van der Waals surface area contributed by atoms with Crippen molar-refractivity contribution in [3.63, 3.8) is 0 Å². The Kier molecular flexibility index (Phi) is 6.53. The molecule has 0 aliphatic rings. The smallest absolute Gasteiger partial charge is 0.130 e. The zero-order valence-corrected chi connectivity index (χ0v) is 10.4. The molecule has 16 heavy (non-hydrogen) atoms. The van der Waals surface area contributed by atoms with Crippen LogP contribution < -0.4 is 10.5 Å². The number of nitrogens with one attached hydrogen (secondary N) is 1. The highest BCUT2D eigenvalue weighted by Gasteiger charge is 2.04. The maximum Gasteiger partial charge on any atom is 0.130 e. The fourth-order valence-corrected chi connectivity index (χ4v) is 1.15. The van der Waals surface area contributed by atoms with Gasteiger partial charge in [0.15, 0.2) is 0 Å². The first-order chi connectivity index (χ1) is 7.11. The molecule has 0 saturated carbocycles. The molecule has 0 heterocycles. The first-order valence-corrected chi connectivity index (χ1v) is 4.82. The zero-order valence-electron chi connectivity index (χ0n) is 9.56. The first-order valence-electron chi connectivity index (χ1n) is 4.82. The van der Waals surface area contributed by atoms with Crippen molar-refractivity contribution in [2.45, 2.75) is 0 Å². The standard InChI is InChI=1S/C11H17N3O.ClH/c1-14(2)7-8-15-10-6-4-3-5-9(10)11(12)13;/h3-6H,7-8H2,1-2H3,(H3,12,13);1H. The number of ether oxygens (including phenoxy) is 1. The minimum atomic E-state index is 0. The third-order valence-electron chi connectivity index (χ3n) is 1.97. The van der Waals surface area contributed by atoms with Gasteiger partial charge in [0.1, 0.15) is 18.2 Å². The Bertz CT molecular complexity index is 342. The first kappa shape index (κ1) is 14.7. The Morgan fingerprint density at radius 2 is 2.00 bits per heavy atom. The van der Waals surface area contributed by atoms with Crippen molar-refractivity contribution in [2.75, 3.05) is 27.2 Å². The Morgan fingerprint density at radius 3 is 2.56 bits per heavy atom. The summed E-state index contributed by atoms with van der Waals surface area (Å²) >= 11 is 0. The van der Waals surface area contributed by atoms with E-state index in [1.165, 1.54) is 0 Å². The van der Waals surface area contributed by atoms with Gasteiger partial charge in [0.2, 0.25) is 0 Å². The quantitative estimate of drug-likeness (QED) is 0.606. The van der Waals surface area contributed by atoms with Crippen LogP contribution in [0.25, 0.3) is 0 Å². The van der Waals surface area contributed by atoms with Crippen molar-refractivity contribution >= 4 is 18.2 Å². The molecule has 0 fully saturated rings. The van der Waals surface area contributed by atoms with Crippen LogP contribution in [0.4, 0.5) is 0 Å². The molecule has 0 radical (unpaired) electrons. The predicted octanol–water partition coefficient (Wildman–Crippen LogP) is 1.33. The van der Waals surface area contributed by atoms with Crippen LogP contribution in [0.3, 0.4) is 0 Å². The summed E-state index contributed by atoms with van der Waals surface area (Å²) in [4.78, 5) is 2.04. The van der Waals surface area contributed by atoms with Gasteiger partial charge >= 0.3 is 0 Å². The second kappa shape index (κ2) is 7.09. The lowest BCUT2D eigenvalue weighted by Gasteiger charge is -2.13. The Labute approximate surface area is 102 Å². The van der Waals surface area contributed by atoms with Crippen molar-refractivity contribution < 1.29 is 4.74 Å². The third kappa shape index (κ3) is 4.51. The molecule has 90 valence electrons. The normalized spacial score (nSPS) is 9.69. The van der Waals surface area contributed by atoms with Crippen molar-refractivity contribution in [2.24, 2.45) is 5.73 Å². The largest absolute Gasteiger partial charge is 0.491 e. The second-order valence-corrected chi connectivity index (χ2v) is 3.56. The van der Waals surface area contributed by atoms with Crippen LogP contribution in [0.5, 0.6) is 5.75 Å². The molecule has 1 rings (SSSR count). The summed E-state index contributed by atoms with van der Waals surface area (Å²) in [7, 11) is 3.97. The van der Waals surface area contributed by atoms with E-state index in [0.29, 0.717) is 17.9 Å². The van der Waals surface area contributed by atoms with Crippen LogP contribution in [0, 0.1) is 5.41 Å². The summed E-state index contributed by atoms with van der Waals surface area (Å²) in [5.74, 6) is 0.710. The van der Waals surface area contributed by atoms with Crippen molar-refractivity contribution in [3.05, 3.63) is 29.8 Å². The third-order valence-corrected chi connectivity index (χ3v) is 1.97. The van der Waals surface area contributed by atoms with Crippen LogP contribution in [-0.2, 0) is 0 Å². The number of nitrogens with two attached hydrogens (primary N) is 1. The highest BCUT2D eigenvalue weighted by Crippen LogP contribution is 2.16. The van der Waals surface area contributed by atoms with Crippen molar-refractivity contribution in [3.8, 4) is 5.75 Å². The molecule has 0 unspecified atom stereocenters. The van der Waals surface area contributed by atoms with E-state index in [1.54, 1.807) is 6.07 Å². The number of nitrogen functional groups attached to an aromatic ring is 1. The van der Waals surface area contributed by atoms with Gasteiger partial charge in [-0.3, -0.25) is 5.41 Å². The number of benzene rings is 1. The summed E-state index contributed by atoms with van der Waals surface area (Å²) in [5, 5.41) is 7.38. The molecule has 0 amide bonds. The van der Waals surface area contributed by atoms with Gasteiger partial charge < -0.3 is 15.4 Å². The van der Waals surface area contributed by atoms with E-state index in [0.717, 1.165) is 6.54 Å². The number of amidine groups is 1. The summed E-state index contributed by atoms with van der Waals surface area (Å²) < 4.78 is 5.55. The number of hydrogen-bond donors (Lipinski definition) is 2. The predicted molar refractivity (Wildman–Crippen MR) is 68.8 cm³/mol. The Balaban J connectivity index is 0.00000225. The monoisotopic (exact) mass is 243 g/mol. The molecule has 0 spiro atoms. The molecule has 0 saturated heterocycles. The molecule has 0 aliphatic carbocycles. The van der Waals surface area contributed by atoms with E-state index in [1.807, 2.05) is 37.2 Å². The van der Waals surface area contributed by atoms with Crippen LogP contribution in [0.15, 0.2) is 24.3 Å². The maximum atomic E-state index is 7.38. The van der Waals surface area contributed by atoms with E-state index >= 15 is 0 Å². The van der Waals surface area contributed by atoms with Gasteiger partial charge in [0, 0.05) is 6.54 Å². The van der Waals surface area contributed by atoms with Gasteiger partial charge in [0.25, 0.3) is 0 Å². The summed E-state index contributed by atoms with van der Waals surface area (Å²) in [5.41, 5.74) is 6.09. The fraction of sp³-hybridized carbons (Fsp3) is 0.364. The molecule has 3 N–H and O–H groups in total. The van der Waals surface area contributed by atoms with Gasteiger partial charge in [0.05, 0.1) is 5.56 Å². The van der Waals surface area contributed by atoms with Crippen molar-refractivity contribution in [1.82, 2.24) is 4.90 Å². The number of para-hydroxylation sites is 1. The lowest BCUT2D eigenvalue weighted by Crippen LogP contribution is -2.20. The molecule has 5 heteroatoms. The van der Waals surface area contributed by atoms with Gasteiger partial charge in [-0.2, -0.15) is 0 Å². The summed E-state index contributed by atoms with van der Waals surface area (Å²) in [6.07, 6.45) is 0. The molecule has 1 aromatic rings. The second-order valence-electron chi connectivity index (χ2n) is 3.56. The lowest BCUT2D eigenvalue weighted by atomic mass is 10.2. The summed E-state index contributed by atoms with van der Waals surface area (Å²) in [6, 6.07) is 7.33. The van der Waals surface area contributed by atoms with Crippen LogP contribution >= 0.6 is 12.4 Å². The highest BCUT2D eigenvalue weighted by molar-refractivity contribution is 5.97. The highest BCUT2D eigenvalue weighted by atomic mass is 35.5. The van der Waals surface area contributed by atoms with E-state index in [-0.39, 0.29) is 18.2 Å². The number of nitrogens with zero attached hydrogens (tertiary/aromatic N) is 1. The van der Waals surface area contributed by atoms with Crippen LogP contribution in [0.1, 0.15) is 5.56 Å². The average molecular weight is 244 g/mol. The van der Waals surface area contributed by atoms with E-state index in [4.69, 9.17) is 15.9 Å². The molecular formula is C11H18ClN3O. The average Bonchev–Trinajstić information content (AvgIpc) is 2.17. The molecular weight excluding hydrogens is 226 g/mol. The Hall–Kier alpha value is -1.26. The zero-order chi connectivity index (χ0) is 11.3. The van der Waals surface area contributed by atoms with E-state index in [2.05, 4.69) is 0 Å². The molecule has 0 aromatic heterocycles. The van der Waals surface area contributed by atoms with Gasteiger partial charge in [-0.15, -0.1) is 12.4 Å². The summed E-state index contributed by atoms with van der Waals surface area (Å²) in [6.45, 7) is 1.43. The minimum absolute atomic E-state index is 0. The topological polar surface area (TPSA) is 62.3 Å². The Morgan fingerprint density at radius 1 is 1.38 bits per heavy atom. The molecule has 0 aliphatic heterocycles. The van der Waals surface area contributed by atoms with Crippen LogP contribution in [0.2, 0.25) is 0 Å². The fourth-order valence-electron chi connectivity index (χ4n) is 1.15. The lowest BCUT2D eigenvalue weighted by molar-refractivity contribution is 0.261. The number of likely N-dealkylation sites (N-methyl/N-ethyl adjacent to an activating group) is 1. The maximum absolute atomic E-state index is 7.38. The van der Waals surface area contributed by atoms with Crippen LogP contribution in [-0.4, -0.2) is 38.0 Å². The molecule has 1 aromatic carbocycles. The van der Waals surface area contributed by atoms with E-state index in [9.17, 15) is 0 Å². The molecule has 0 atom stereocenters. The minimum Gasteiger partial charge on any atom is -0.491 e.